The van der Waals surface area contributed by atoms with Crippen LogP contribution in [0.15, 0.2) is 0 Å². The Morgan fingerprint density at radius 2 is 2.12 bits per heavy atom. The van der Waals surface area contributed by atoms with E-state index in [0.717, 1.165) is 19.4 Å². The summed E-state index contributed by atoms with van der Waals surface area (Å²) in [6.45, 7) is 1.84. The minimum atomic E-state index is -0.251. The maximum absolute atomic E-state index is 11.6. The van der Waals surface area contributed by atoms with Gasteiger partial charge in [0.2, 0.25) is 5.91 Å². The van der Waals surface area contributed by atoms with Crippen LogP contribution in [0.4, 0.5) is 0 Å². The summed E-state index contributed by atoms with van der Waals surface area (Å²) < 4.78 is 0. The molecule has 17 heavy (non-hydrogen) atoms. The van der Waals surface area contributed by atoms with Crippen molar-refractivity contribution >= 4 is 5.91 Å². The van der Waals surface area contributed by atoms with Crippen molar-refractivity contribution in [1.29, 1.82) is 0 Å². The summed E-state index contributed by atoms with van der Waals surface area (Å²) in [4.78, 5) is 13.5. The van der Waals surface area contributed by atoms with Crippen LogP contribution in [-0.2, 0) is 4.79 Å². The number of likely N-dealkylation sites (N-methyl/N-ethyl adjacent to an activating group) is 1. The number of aliphatic hydroxyl groups excluding tert-OH is 1. The Labute approximate surface area is 103 Å². The third-order valence-electron chi connectivity index (χ3n) is 3.89. The van der Waals surface area contributed by atoms with E-state index in [-0.39, 0.29) is 12.0 Å². The normalized spacial score (nSPS) is 22.3. The molecule has 1 unspecified atom stereocenters. The van der Waals surface area contributed by atoms with Crippen LogP contribution in [0.5, 0.6) is 0 Å². The molecule has 2 saturated carbocycles. The number of nitrogens with one attached hydrogen (secondary N) is 1. The number of hydrogen-bond donors (Lipinski definition) is 2. The Bertz CT molecular complexity index is 262. The Morgan fingerprint density at radius 1 is 1.41 bits per heavy atom. The molecule has 0 aromatic heterocycles. The lowest BCUT2D eigenvalue weighted by molar-refractivity contribution is -0.122. The molecule has 0 radical (unpaired) electrons. The van der Waals surface area contributed by atoms with Crippen molar-refractivity contribution in [3.63, 3.8) is 0 Å². The first kappa shape index (κ1) is 12.8. The molecule has 0 saturated heterocycles. The highest BCUT2D eigenvalue weighted by molar-refractivity contribution is 5.77. The first-order chi connectivity index (χ1) is 8.15. The number of nitrogens with zero attached hydrogens (tertiary/aromatic N) is 1. The van der Waals surface area contributed by atoms with Gasteiger partial charge in [-0.1, -0.05) is 6.42 Å². The van der Waals surface area contributed by atoms with E-state index in [4.69, 9.17) is 0 Å². The van der Waals surface area contributed by atoms with Crippen LogP contribution in [-0.4, -0.2) is 48.7 Å². The van der Waals surface area contributed by atoms with Crippen molar-refractivity contribution in [2.75, 3.05) is 26.7 Å². The predicted octanol–water partition coefficient (Wildman–Crippen LogP) is 0.605. The molecule has 0 heterocycles. The summed E-state index contributed by atoms with van der Waals surface area (Å²) in [5.41, 5.74) is 0. The van der Waals surface area contributed by atoms with E-state index < -0.39 is 0 Å². The molecule has 0 bridgehead atoms. The van der Waals surface area contributed by atoms with Gasteiger partial charge in [-0.15, -0.1) is 0 Å². The lowest BCUT2D eigenvalue weighted by Gasteiger charge is -2.26. The predicted molar refractivity (Wildman–Crippen MR) is 66.6 cm³/mol. The molecule has 98 valence electrons. The van der Waals surface area contributed by atoms with Gasteiger partial charge in [-0.3, -0.25) is 9.69 Å². The number of rotatable bonds is 7. The fraction of sp³-hybridized carbons (Fsp3) is 0.923. The van der Waals surface area contributed by atoms with Gasteiger partial charge in [-0.25, -0.2) is 0 Å². The highest BCUT2D eigenvalue weighted by Crippen LogP contribution is 2.32. The molecule has 0 aromatic rings. The molecular weight excluding hydrogens is 216 g/mol. The second-order valence-electron chi connectivity index (χ2n) is 5.70. The van der Waals surface area contributed by atoms with Crippen LogP contribution < -0.4 is 5.32 Å². The average Bonchev–Trinajstić information content (AvgIpc) is 2.97. The third kappa shape index (κ3) is 4.28. The number of aliphatic hydroxyl groups is 1. The molecule has 2 aliphatic carbocycles. The van der Waals surface area contributed by atoms with Crippen LogP contribution in [0.25, 0.3) is 0 Å². The highest BCUT2D eigenvalue weighted by Gasteiger charge is 2.30. The smallest absolute Gasteiger partial charge is 0.234 e. The Morgan fingerprint density at radius 3 is 2.65 bits per heavy atom. The zero-order valence-electron chi connectivity index (χ0n) is 10.7. The van der Waals surface area contributed by atoms with Gasteiger partial charge in [0.1, 0.15) is 0 Å². The SMILES string of the molecule is CN(CC(=O)NCC1CCC1)CC(O)C1CC1. The maximum atomic E-state index is 11.6. The summed E-state index contributed by atoms with van der Waals surface area (Å²) in [6, 6.07) is 0. The van der Waals surface area contributed by atoms with Crippen LogP contribution in [0.3, 0.4) is 0 Å². The molecule has 2 fully saturated rings. The molecule has 2 aliphatic rings. The van der Waals surface area contributed by atoms with Gasteiger partial charge in [0.05, 0.1) is 12.6 Å². The van der Waals surface area contributed by atoms with Gasteiger partial charge in [0.15, 0.2) is 0 Å². The van der Waals surface area contributed by atoms with Crippen molar-refractivity contribution in [1.82, 2.24) is 10.2 Å². The van der Waals surface area contributed by atoms with Crippen LogP contribution >= 0.6 is 0 Å². The van der Waals surface area contributed by atoms with Gasteiger partial charge in [0.25, 0.3) is 0 Å². The molecule has 4 nitrogen and oxygen atoms in total. The summed E-state index contributed by atoms with van der Waals surface area (Å²) in [5, 5.41) is 12.7. The molecular formula is C13H24N2O2. The zero-order chi connectivity index (χ0) is 12.3. The van der Waals surface area contributed by atoms with Crippen molar-refractivity contribution in [3.8, 4) is 0 Å². The van der Waals surface area contributed by atoms with Crippen molar-refractivity contribution in [3.05, 3.63) is 0 Å². The molecule has 0 aliphatic heterocycles. The molecule has 1 atom stereocenters. The maximum Gasteiger partial charge on any atom is 0.234 e. The topological polar surface area (TPSA) is 52.6 Å². The Hall–Kier alpha value is -0.610. The molecule has 2 rings (SSSR count). The zero-order valence-corrected chi connectivity index (χ0v) is 10.7. The van der Waals surface area contributed by atoms with E-state index >= 15 is 0 Å². The molecule has 1 amide bonds. The number of hydrogen-bond acceptors (Lipinski definition) is 3. The largest absolute Gasteiger partial charge is 0.392 e. The van der Waals surface area contributed by atoms with E-state index in [1.807, 2.05) is 11.9 Å². The third-order valence-corrected chi connectivity index (χ3v) is 3.89. The molecule has 0 spiro atoms. The van der Waals surface area contributed by atoms with Crippen LogP contribution in [0.1, 0.15) is 32.1 Å². The molecule has 4 heteroatoms. The Kier molecular flexibility index (Phi) is 4.40. The number of carbonyl (C=O) groups is 1. The van der Waals surface area contributed by atoms with E-state index in [2.05, 4.69) is 5.32 Å². The summed E-state index contributed by atoms with van der Waals surface area (Å²) >= 11 is 0. The first-order valence-corrected chi connectivity index (χ1v) is 6.78. The second-order valence-corrected chi connectivity index (χ2v) is 5.70. The van der Waals surface area contributed by atoms with Crippen LogP contribution in [0, 0.1) is 11.8 Å². The van der Waals surface area contributed by atoms with E-state index in [1.54, 1.807) is 0 Å². The molecule has 2 N–H and O–H groups in total. The lowest BCUT2D eigenvalue weighted by Crippen LogP contribution is -2.41. The van der Waals surface area contributed by atoms with E-state index in [0.29, 0.717) is 24.9 Å². The number of amides is 1. The monoisotopic (exact) mass is 240 g/mol. The standard InChI is InChI=1S/C13H24N2O2/c1-15(8-12(16)11-5-6-11)9-13(17)14-7-10-3-2-4-10/h10-12,16H,2-9H2,1H3,(H,14,17). The van der Waals surface area contributed by atoms with Crippen molar-refractivity contribution < 1.29 is 9.90 Å². The minimum Gasteiger partial charge on any atom is -0.392 e. The summed E-state index contributed by atoms with van der Waals surface area (Å²) in [7, 11) is 1.90. The summed E-state index contributed by atoms with van der Waals surface area (Å²) in [5.74, 6) is 1.28. The van der Waals surface area contributed by atoms with Gasteiger partial charge in [0, 0.05) is 13.1 Å². The molecule has 0 aromatic carbocycles. The fourth-order valence-corrected chi connectivity index (χ4v) is 2.27. The van der Waals surface area contributed by atoms with Gasteiger partial charge in [-0.05, 0) is 44.6 Å². The van der Waals surface area contributed by atoms with E-state index in [1.165, 1.54) is 19.3 Å². The van der Waals surface area contributed by atoms with Gasteiger partial charge >= 0.3 is 0 Å². The van der Waals surface area contributed by atoms with Gasteiger partial charge in [-0.2, -0.15) is 0 Å². The summed E-state index contributed by atoms with van der Waals surface area (Å²) in [6.07, 6.45) is 5.87. The van der Waals surface area contributed by atoms with E-state index in [9.17, 15) is 9.90 Å². The van der Waals surface area contributed by atoms with Gasteiger partial charge < -0.3 is 10.4 Å². The Balaban J connectivity index is 1.56. The highest BCUT2D eigenvalue weighted by atomic mass is 16.3. The van der Waals surface area contributed by atoms with Crippen LogP contribution in [0.2, 0.25) is 0 Å². The van der Waals surface area contributed by atoms with Crippen molar-refractivity contribution in [2.24, 2.45) is 11.8 Å². The quantitative estimate of drug-likeness (QED) is 0.685. The second kappa shape index (κ2) is 5.83. The first-order valence-electron chi connectivity index (χ1n) is 6.78. The average molecular weight is 240 g/mol. The lowest BCUT2D eigenvalue weighted by atomic mass is 9.85. The number of carbonyl (C=O) groups excluding carboxylic acids is 1. The fourth-order valence-electron chi connectivity index (χ4n) is 2.27. The van der Waals surface area contributed by atoms with Crippen molar-refractivity contribution in [2.45, 2.75) is 38.2 Å². The minimum absolute atomic E-state index is 0.0856.